The van der Waals surface area contributed by atoms with Gasteiger partial charge in [-0.3, -0.25) is 0 Å². The summed E-state index contributed by atoms with van der Waals surface area (Å²) in [7, 11) is 5.65. The minimum Gasteiger partial charge on any atom is -0.480 e. The molecular weight excluding hydrogens is 282 g/mol. The van der Waals surface area contributed by atoms with Crippen LogP contribution in [0.25, 0.3) is 0 Å². The van der Waals surface area contributed by atoms with Crippen LogP contribution in [0.2, 0.25) is 0 Å². The molecule has 1 aromatic carbocycles. The number of aromatic nitrogens is 1. The molecule has 21 heavy (non-hydrogen) atoms. The van der Waals surface area contributed by atoms with Crippen molar-refractivity contribution in [2.45, 2.75) is 26.8 Å². The Bertz CT molecular complexity index is 608. The number of hydrogen-bond donors (Lipinski definition) is 1. The molecule has 0 fully saturated rings. The van der Waals surface area contributed by atoms with Crippen LogP contribution in [0.15, 0.2) is 18.2 Å². The average Bonchev–Trinajstić information content (AvgIpc) is 2.89. The van der Waals surface area contributed by atoms with Gasteiger partial charge >= 0.3 is 0 Å². The van der Waals surface area contributed by atoms with E-state index in [9.17, 15) is 0 Å². The van der Waals surface area contributed by atoms with E-state index in [0.29, 0.717) is 5.88 Å². The molecule has 0 saturated heterocycles. The van der Waals surface area contributed by atoms with Crippen LogP contribution in [0.4, 0.5) is 10.8 Å². The number of para-hydroxylation sites is 1. The second-order valence-electron chi connectivity index (χ2n) is 5.14. The van der Waals surface area contributed by atoms with Gasteiger partial charge in [0.2, 0.25) is 5.88 Å². The van der Waals surface area contributed by atoms with E-state index in [1.54, 1.807) is 18.4 Å². The Morgan fingerprint density at radius 1 is 1.33 bits per heavy atom. The van der Waals surface area contributed by atoms with Crippen LogP contribution in [-0.2, 0) is 13.0 Å². The minimum atomic E-state index is 0.711. The Balaban J connectivity index is 2.20. The number of hydrogen-bond acceptors (Lipinski definition) is 5. The van der Waals surface area contributed by atoms with Gasteiger partial charge in [0.05, 0.1) is 18.5 Å². The van der Waals surface area contributed by atoms with Crippen molar-refractivity contribution in [3.63, 3.8) is 0 Å². The van der Waals surface area contributed by atoms with Crippen molar-refractivity contribution in [3.8, 4) is 5.88 Å². The summed E-state index contributed by atoms with van der Waals surface area (Å²) < 4.78 is 5.38. The summed E-state index contributed by atoms with van der Waals surface area (Å²) in [5, 5.41) is 4.51. The number of anilines is 2. The summed E-state index contributed by atoms with van der Waals surface area (Å²) >= 11 is 1.66. The monoisotopic (exact) mass is 305 g/mol. The third-order valence-electron chi connectivity index (χ3n) is 3.39. The van der Waals surface area contributed by atoms with Crippen LogP contribution in [0.1, 0.15) is 22.9 Å². The molecule has 1 aromatic heterocycles. The molecule has 1 heterocycles. The fourth-order valence-corrected chi connectivity index (χ4v) is 3.13. The Kier molecular flexibility index (Phi) is 5.07. The number of nitrogens with one attached hydrogen (secondary N) is 1. The van der Waals surface area contributed by atoms with Crippen molar-refractivity contribution < 1.29 is 4.74 Å². The molecular formula is C16H23N3OS. The maximum absolute atomic E-state index is 5.38. The Morgan fingerprint density at radius 3 is 2.71 bits per heavy atom. The lowest BCUT2D eigenvalue weighted by Gasteiger charge is -2.13. The predicted molar refractivity (Wildman–Crippen MR) is 90.9 cm³/mol. The van der Waals surface area contributed by atoms with E-state index < -0.39 is 0 Å². The van der Waals surface area contributed by atoms with Gasteiger partial charge in [-0.05, 0) is 24.5 Å². The van der Waals surface area contributed by atoms with E-state index >= 15 is 0 Å². The predicted octanol–water partition coefficient (Wildman–Crippen LogP) is 3.70. The number of aryl methyl sites for hydroxylation is 2. The minimum absolute atomic E-state index is 0.711. The van der Waals surface area contributed by atoms with Crippen LogP contribution in [-0.4, -0.2) is 26.2 Å². The molecule has 0 saturated carbocycles. The fraction of sp³-hybridized carbons (Fsp3) is 0.438. The third kappa shape index (κ3) is 3.47. The van der Waals surface area contributed by atoms with Crippen molar-refractivity contribution >= 4 is 22.2 Å². The molecule has 0 bridgehead atoms. The summed E-state index contributed by atoms with van der Waals surface area (Å²) in [6.07, 6.45) is 1.02. The molecule has 2 aromatic rings. The highest BCUT2D eigenvalue weighted by molar-refractivity contribution is 7.15. The molecule has 0 amide bonds. The molecule has 0 aliphatic rings. The summed E-state index contributed by atoms with van der Waals surface area (Å²) in [6.45, 7) is 5.04. The molecule has 114 valence electrons. The Hall–Kier alpha value is -1.75. The van der Waals surface area contributed by atoms with Crippen LogP contribution in [0, 0.1) is 6.92 Å². The number of thiazole rings is 1. The quantitative estimate of drug-likeness (QED) is 0.883. The normalized spacial score (nSPS) is 10.5. The highest BCUT2D eigenvalue weighted by Crippen LogP contribution is 2.31. The number of methoxy groups -OCH3 is 1. The second kappa shape index (κ2) is 6.80. The fourth-order valence-electron chi connectivity index (χ4n) is 2.23. The maximum Gasteiger partial charge on any atom is 0.231 e. The largest absolute Gasteiger partial charge is 0.480 e. The molecule has 0 aliphatic heterocycles. The van der Waals surface area contributed by atoms with Gasteiger partial charge in [0, 0.05) is 19.8 Å². The van der Waals surface area contributed by atoms with E-state index in [4.69, 9.17) is 4.74 Å². The first-order chi connectivity index (χ1) is 10.1. The summed E-state index contributed by atoms with van der Waals surface area (Å²) in [6, 6.07) is 6.41. The number of benzene rings is 1. The van der Waals surface area contributed by atoms with E-state index in [0.717, 1.165) is 23.0 Å². The van der Waals surface area contributed by atoms with Crippen molar-refractivity contribution in [2.75, 3.05) is 31.4 Å². The molecule has 0 radical (unpaired) electrons. The summed E-state index contributed by atoms with van der Waals surface area (Å²) in [5.41, 5.74) is 3.83. The topological polar surface area (TPSA) is 37.4 Å². The molecule has 0 unspecified atom stereocenters. The van der Waals surface area contributed by atoms with Gasteiger partial charge in [-0.2, -0.15) is 4.98 Å². The van der Waals surface area contributed by atoms with Crippen molar-refractivity contribution in [1.82, 2.24) is 4.98 Å². The van der Waals surface area contributed by atoms with Crippen molar-refractivity contribution in [2.24, 2.45) is 0 Å². The van der Waals surface area contributed by atoms with Crippen LogP contribution < -0.4 is 15.0 Å². The zero-order valence-corrected chi connectivity index (χ0v) is 14.2. The lowest BCUT2D eigenvalue weighted by atomic mass is 10.1. The molecule has 4 nitrogen and oxygen atoms in total. The maximum atomic E-state index is 5.38. The van der Waals surface area contributed by atoms with Gasteiger partial charge < -0.3 is 15.0 Å². The zero-order chi connectivity index (χ0) is 15.4. The smallest absolute Gasteiger partial charge is 0.231 e. The first-order valence-corrected chi connectivity index (χ1v) is 7.91. The second-order valence-corrected chi connectivity index (χ2v) is 6.20. The molecule has 0 atom stereocenters. The van der Waals surface area contributed by atoms with Gasteiger partial charge in [0.15, 0.2) is 5.13 Å². The van der Waals surface area contributed by atoms with E-state index in [-0.39, 0.29) is 0 Å². The standard InChI is InChI=1S/C16H23N3OS/c1-6-12-9-7-8-11(2)14(12)17-10-13-15(20-5)18-16(21-13)19(3)4/h7-9,17H,6,10H2,1-5H3. The SMILES string of the molecule is CCc1cccc(C)c1NCc1sc(N(C)C)nc1OC. The highest BCUT2D eigenvalue weighted by atomic mass is 32.1. The van der Waals surface area contributed by atoms with Gasteiger partial charge in [0.25, 0.3) is 0 Å². The third-order valence-corrected chi connectivity index (χ3v) is 4.60. The molecule has 1 N–H and O–H groups in total. The van der Waals surface area contributed by atoms with Crippen LogP contribution >= 0.6 is 11.3 Å². The molecule has 2 rings (SSSR count). The van der Waals surface area contributed by atoms with Crippen molar-refractivity contribution in [1.29, 1.82) is 0 Å². The first kappa shape index (κ1) is 15.6. The number of rotatable bonds is 6. The summed E-state index contributed by atoms with van der Waals surface area (Å²) in [4.78, 5) is 7.61. The van der Waals surface area contributed by atoms with Crippen LogP contribution in [0.5, 0.6) is 5.88 Å². The zero-order valence-electron chi connectivity index (χ0n) is 13.4. The van der Waals surface area contributed by atoms with E-state index in [2.05, 4.69) is 42.3 Å². The van der Waals surface area contributed by atoms with Gasteiger partial charge in [-0.1, -0.05) is 36.5 Å². The van der Waals surface area contributed by atoms with Gasteiger partial charge in [-0.15, -0.1) is 0 Å². The average molecular weight is 305 g/mol. The molecule has 0 spiro atoms. The van der Waals surface area contributed by atoms with Crippen LogP contribution in [0.3, 0.4) is 0 Å². The van der Waals surface area contributed by atoms with Gasteiger partial charge in [-0.25, -0.2) is 0 Å². The van der Waals surface area contributed by atoms with E-state index in [1.165, 1.54) is 16.8 Å². The lowest BCUT2D eigenvalue weighted by Crippen LogP contribution is -2.07. The summed E-state index contributed by atoms with van der Waals surface area (Å²) in [5.74, 6) is 0.711. The van der Waals surface area contributed by atoms with E-state index in [1.807, 2.05) is 19.0 Å². The van der Waals surface area contributed by atoms with Crippen molar-refractivity contribution in [3.05, 3.63) is 34.2 Å². The Morgan fingerprint density at radius 2 is 2.10 bits per heavy atom. The number of ether oxygens (including phenoxy) is 1. The Labute approximate surface area is 130 Å². The van der Waals surface area contributed by atoms with Gasteiger partial charge in [0.1, 0.15) is 0 Å². The molecule has 0 aliphatic carbocycles. The lowest BCUT2D eigenvalue weighted by molar-refractivity contribution is 0.397. The number of nitrogens with zero attached hydrogens (tertiary/aromatic N) is 2. The first-order valence-electron chi connectivity index (χ1n) is 7.10. The highest BCUT2D eigenvalue weighted by Gasteiger charge is 2.13. The molecule has 5 heteroatoms.